The maximum Gasteiger partial charge on any atom is 0.161 e. The fourth-order valence-corrected chi connectivity index (χ4v) is 6.88. The number of hydrogen-bond acceptors (Lipinski definition) is 5. The van der Waals surface area contributed by atoms with E-state index in [0.29, 0.717) is 28.4 Å². The molecule has 3 aromatic carbocycles. The van der Waals surface area contributed by atoms with Crippen molar-refractivity contribution in [3.63, 3.8) is 0 Å². The highest BCUT2D eigenvalue weighted by atomic mass is 79.9. The molecule has 0 saturated heterocycles. The van der Waals surface area contributed by atoms with Gasteiger partial charge in [-0.25, -0.2) is 0 Å². The molecule has 5 rings (SSSR count). The summed E-state index contributed by atoms with van der Waals surface area (Å²) in [5, 5.41) is 11.1. The third-order valence-corrected chi connectivity index (χ3v) is 9.00. The van der Waals surface area contributed by atoms with E-state index in [-0.39, 0.29) is 5.78 Å². The summed E-state index contributed by atoms with van der Waals surface area (Å²) in [6.07, 6.45) is 1.97. The van der Waals surface area contributed by atoms with Crippen LogP contribution in [-0.2, 0) is 10.5 Å². The first-order chi connectivity index (χ1) is 18.3. The summed E-state index contributed by atoms with van der Waals surface area (Å²) in [6, 6.07) is 22.3. The van der Waals surface area contributed by atoms with Gasteiger partial charge in [0.25, 0.3) is 0 Å². The lowest BCUT2D eigenvalue weighted by Gasteiger charge is -2.40. The number of nitrogens with two attached hydrogens (primary N) is 1. The van der Waals surface area contributed by atoms with Crippen LogP contribution in [-0.4, -0.2) is 5.78 Å². The van der Waals surface area contributed by atoms with Crippen molar-refractivity contribution < 1.29 is 4.79 Å². The van der Waals surface area contributed by atoms with Crippen LogP contribution in [0.15, 0.2) is 92.7 Å². The van der Waals surface area contributed by atoms with Crippen molar-refractivity contribution in [2.45, 2.75) is 49.7 Å². The van der Waals surface area contributed by atoms with Crippen LogP contribution in [0.4, 0.5) is 5.69 Å². The molecule has 2 aliphatic rings. The molecule has 1 aliphatic heterocycles. The van der Waals surface area contributed by atoms with Gasteiger partial charge < -0.3 is 5.73 Å². The van der Waals surface area contributed by atoms with Gasteiger partial charge in [-0.05, 0) is 85.8 Å². The molecule has 38 heavy (non-hydrogen) atoms. The molecule has 4 nitrogen and oxygen atoms in total. The van der Waals surface area contributed by atoms with Crippen molar-refractivity contribution in [2.24, 2.45) is 5.73 Å². The summed E-state index contributed by atoms with van der Waals surface area (Å²) < 4.78 is 0.907. The number of halogens is 2. The minimum Gasteiger partial charge on any atom is -0.384 e. The molecule has 0 bridgehead atoms. The fraction of sp³-hybridized carbons (Fsp3) is 0.226. The summed E-state index contributed by atoms with van der Waals surface area (Å²) >= 11 is 11.3. The maximum atomic E-state index is 13.6. The van der Waals surface area contributed by atoms with E-state index in [2.05, 4.69) is 48.0 Å². The van der Waals surface area contributed by atoms with Gasteiger partial charge in [0.15, 0.2) is 5.78 Å². The number of allylic oxidation sites excluding steroid dienone is 3. The molecule has 192 valence electrons. The number of hydrogen-bond donors (Lipinski definition) is 1. The Morgan fingerprint density at radius 3 is 2.61 bits per heavy atom. The minimum atomic E-state index is -0.481. The summed E-state index contributed by atoms with van der Waals surface area (Å²) in [6.45, 7) is 4.15. The van der Waals surface area contributed by atoms with Crippen LogP contribution in [0.5, 0.6) is 0 Å². The number of anilines is 1. The molecule has 2 N–H and O–H groups in total. The monoisotopic (exact) mass is 603 g/mol. The van der Waals surface area contributed by atoms with Gasteiger partial charge >= 0.3 is 0 Å². The second kappa shape index (κ2) is 11.0. The number of aryl methyl sites for hydroxylation is 1. The van der Waals surface area contributed by atoms with Crippen molar-refractivity contribution in [1.29, 1.82) is 5.26 Å². The predicted molar refractivity (Wildman–Crippen MR) is 159 cm³/mol. The minimum absolute atomic E-state index is 0.0921. The number of Topliss-reactive ketones (excluding diaryl/α,β-unsaturated/α-hetero) is 1. The number of benzene rings is 3. The molecule has 1 unspecified atom stereocenters. The summed E-state index contributed by atoms with van der Waals surface area (Å²) in [5.74, 6) is 0.766. The summed E-state index contributed by atoms with van der Waals surface area (Å²) in [4.78, 5) is 16.6. The average Bonchev–Trinajstić information content (AvgIpc) is 2.89. The van der Waals surface area contributed by atoms with E-state index in [4.69, 9.17) is 17.3 Å². The van der Waals surface area contributed by atoms with Crippen molar-refractivity contribution in [3.05, 3.63) is 115 Å². The Labute approximate surface area is 241 Å². The molecule has 0 spiro atoms. The lowest BCUT2D eigenvalue weighted by atomic mass is 9.73. The number of nitriles is 1. The number of ketones is 1. The van der Waals surface area contributed by atoms with Gasteiger partial charge in [-0.15, -0.1) is 11.8 Å². The van der Waals surface area contributed by atoms with Gasteiger partial charge in [-0.3, -0.25) is 9.69 Å². The van der Waals surface area contributed by atoms with Crippen LogP contribution >= 0.6 is 39.3 Å². The molecule has 0 saturated carbocycles. The molecule has 7 heteroatoms. The molecule has 0 radical (unpaired) electrons. The molecule has 0 amide bonds. The molecule has 1 aliphatic carbocycles. The van der Waals surface area contributed by atoms with Crippen molar-refractivity contribution in [1.82, 2.24) is 0 Å². The fourth-order valence-electron chi connectivity index (χ4n) is 5.41. The van der Waals surface area contributed by atoms with E-state index in [1.807, 2.05) is 53.4 Å². The van der Waals surface area contributed by atoms with Gasteiger partial charge in [-0.1, -0.05) is 51.3 Å². The summed E-state index contributed by atoms with van der Waals surface area (Å²) in [7, 11) is 0. The highest BCUT2D eigenvalue weighted by Gasteiger charge is 2.41. The zero-order chi connectivity index (χ0) is 27.0. The van der Waals surface area contributed by atoms with E-state index in [0.717, 1.165) is 56.0 Å². The Morgan fingerprint density at radius 2 is 1.89 bits per heavy atom. The molecular weight excluding hydrogens is 578 g/mol. The van der Waals surface area contributed by atoms with Crippen LogP contribution in [0.3, 0.4) is 0 Å². The second-order valence-electron chi connectivity index (χ2n) is 9.68. The number of thioether (sulfide) groups is 1. The first kappa shape index (κ1) is 26.6. The predicted octanol–water partition coefficient (Wildman–Crippen LogP) is 8.32. The van der Waals surface area contributed by atoms with E-state index < -0.39 is 5.92 Å². The van der Waals surface area contributed by atoms with E-state index in [9.17, 15) is 10.1 Å². The Hall–Kier alpha value is -2.98. The second-order valence-corrected chi connectivity index (χ2v) is 12.1. The number of carbonyl (C=O) groups is 1. The van der Waals surface area contributed by atoms with Crippen LogP contribution in [0.1, 0.15) is 47.4 Å². The number of carbonyl (C=O) groups excluding carboxylic acids is 1. The topological polar surface area (TPSA) is 70.1 Å². The first-order valence-corrected chi connectivity index (χ1v) is 14.6. The first-order valence-electron chi connectivity index (χ1n) is 12.5. The standard InChI is InChI=1S/C31H27BrClN3OS/c1-18-13-20(17-38-24-11-9-22(33)10-12-24)19(2)25(14-18)29-26(16-34)31(35)36(23-6-3-5-21(32)15-23)27-7-4-8-28(37)30(27)29/h3,5-6,9-15,29H,4,7-8,17,35H2,1-2H3. The van der Waals surface area contributed by atoms with Crippen molar-refractivity contribution in [2.75, 3.05) is 4.90 Å². The lowest BCUT2D eigenvalue weighted by Crippen LogP contribution is -2.39. The van der Waals surface area contributed by atoms with Gasteiger partial charge in [0, 0.05) is 43.5 Å². The molecule has 0 aromatic heterocycles. The Bertz CT molecular complexity index is 1540. The van der Waals surface area contributed by atoms with Crippen LogP contribution in [0.2, 0.25) is 5.02 Å². The zero-order valence-electron chi connectivity index (χ0n) is 21.2. The molecule has 1 atom stereocenters. The Kier molecular flexibility index (Phi) is 7.72. The molecule has 0 fully saturated rings. The molecule has 3 aromatic rings. The Morgan fingerprint density at radius 1 is 1.13 bits per heavy atom. The van der Waals surface area contributed by atoms with Crippen molar-refractivity contribution in [3.8, 4) is 6.07 Å². The quantitative estimate of drug-likeness (QED) is 0.297. The van der Waals surface area contributed by atoms with Gasteiger partial charge in [0.1, 0.15) is 5.82 Å². The average molecular weight is 605 g/mol. The highest BCUT2D eigenvalue weighted by molar-refractivity contribution is 9.10. The Balaban J connectivity index is 1.63. The highest BCUT2D eigenvalue weighted by Crippen LogP contribution is 2.48. The maximum absolute atomic E-state index is 13.6. The molecule has 1 heterocycles. The van der Waals surface area contributed by atoms with Gasteiger partial charge in [0.05, 0.1) is 17.6 Å². The van der Waals surface area contributed by atoms with Crippen molar-refractivity contribution >= 4 is 50.8 Å². The zero-order valence-corrected chi connectivity index (χ0v) is 24.4. The van der Waals surface area contributed by atoms with Gasteiger partial charge in [0.2, 0.25) is 0 Å². The largest absolute Gasteiger partial charge is 0.384 e. The van der Waals surface area contributed by atoms with E-state index >= 15 is 0 Å². The van der Waals surface area contributed by atoms with E-state index in [1.54, 1.807) is 11.8 Å². The molecular formula is C31H27BrClN3OS. The van der Waals surface area contributed by atoms with Crippen LogP contribution in [0, 0.1) is 25.2 Å². The van der Waals surface area contributed by atoms with Crippen LogP contribution in [0.25, 0.3) is 0 Å². The van der Waals surface area contributed by atoms with Crippen LogP contribution < -0.4 is 10.6 Å². The smallest absolute Gasteiger partial charge is 0.161 e. The summed E-state index contributed by atoms with van der Waals surface area (Å²) in [5.41, 5.74) is 14.0. The number of rotatable bonds is 5. The SMILES string of the molecule is Cc1cc(CSc2ccc(Cl)cc2)c(C)c(C2C(C#N)=C(N)N(c3cccc(Br)c3)C3=C2C(=O)CCC3)c1. The lowest BCUT2D eigenvalue weighted by molar-refractivity contribution is -0.116. The van der Waals surface area contributed by atoms with Gasteiger partial charge in [-0.2, -0.15) is 5.26 Å². The number of nitrogens with zero attached hydrogens (tertiary/aromatic N) is 2. The third-order valence-electron chi connectivity index (χ3n) is 7.20. The normalized spacial score (nSPS) is 17.5. The van der Waals surface area contributed by atoms with E-state index in [1.165, 1.54) is 5.56 Å². The third kappa shape index (κ3) is 5.03.